The van der Waals surface area contributed by atoms with Crippen LogP contribution in [0.2, 0.25) is 0 Å². The Kier molecular flexibility index (Phi) is 8.50. The summed E-state index contributed by atoms with van der Waals surface area (Å²) < 4.78 is 6.98. The van der Waals surface area contributed by atoms with Gasteiger partial charge in [0.05, 0.1) is 42.5 Å². The second-order valence-electron chi connectivity index (χ2n) is 9.85. The van der Waals surface area contributed by atoms with Gasteiger partial charge in [-0.15, -0.1) is 0 Å². The summed E-state index contributed by atoms with van der Waals surface area (Å²) in [6, 6.07) is 9.81. The first-order valence-electron chi connectivity index (χ1n) is 12.7. The van der Waals surface area contributed by atoms with Crippen molar-refractivity contribution in [2.24, 2.45) is 5.92 Å². The fraction of sp³-hybridized carbons (Fsp3) is 0.379. The average Bonchev–Trinajstić information content (AvgIpc) is 3.32. The Morgan fingerprint density at radius 3 is 2.51 bits per heavy atom. The Bertz CT molecular complexity index is 1240. The number of hydrogen-bond acceptors (Lipinski definition) is 6. The van der Waals surface area contributed by atoms with E-state index in [1.54, 1.807) is 37.2 Å². The molecule has 1 amide bonds. The van der Waals surface area contributed by atoms with Gasteiger partial charge in [0.1, 0.15) is 0 Å². The van der Waals surface area contributed by atoms with E-state index in [0.717, 1.165) is 16.8 Å². The Morgan fingerprint density at radius 1 is 1.14 bits per heavy atom. The minimum Gasteiger partial charge on any atom is -0.460 e. The highest BCUT2D eigenvalue weighted by Crippen LogP contribution is 2.29. The monoisotopic (exact) mass is 502 g/mol. The maximum absolute atomic E-state index is 13.7. The molecule has 194 valence electrons. The number of carbonyl (C=O) groups excluding carboxylic acids is 2. The molecule has 1 aliphatic rings. The van der Waals surface area contributed by atoms with Crippen molar-refractivity contribution in [3.05, 3.63) is 77.9 Å². The first kappa shape index (κ1) is 26.3. The second kappa shape index (κ2) is 12.0. The van der Waals surface area contributed by atoms with Crippen LogP contribution in [0.5, 0.6) is 0 Å². The van der Waals surface area contributed by atoms with Gasteiger partial charge in [0.2, 0.25) is 5.91 Å². The van der Waals surface area contributed by atoms with Crippen LogP contribution in [0.4, 0.5) is 5.69 Å². The van der Waals surface area contributed by atoms with Crippen LogP contribution in [-0.2, 0) is 20.9 Å². The summed E-state index contributed by atoms with van der Waals surface area (Å²) in [6.45, 7) is 5.96. The van der Waals surface area contributed by atoms with Crippen LogP contribution in [0, 0.1) is 12.8 Å². The topological polar surface area (TPSA) is 97.5 Å². The van der Waals surface area contributed by atoms with Crippen LogP contribution in [0.3, 0.4) is 0 Å². The molecule has 3 aromatic rings. The minimum absolute atomic E-state index is 0.0147. The Morgan fingerprint density at radius 2 is 1.86 bits per heavy atom. The van der Waals surface area contributed by atoms with E-state index in [4.69, 9.17) is 4.74 Å². The van der Waals surface area contributed by atoms with Crippen molar-refractivity contribution in [3.63, 3.8) is 0 Å². The van der Waals surface area contributed by atoms with Crippen molar-refractivity contribution in [1.82, 2.24) is 14.8 Å². The number of hydrogen-bond donors (Lipinski definition) is 1. The summed E-state index contributed by atoms with van der Waals surface area (Å²) in [6.07, 6.45) is 12.1. The predicted molar refractivity (Wildman–Crippen MR) is 142 cm³/mol. The third kappa shape index (κ3) is 7.13. The van der Waals surface area contributed by atoms with Gasteiger partial charge in [0, 0.05) is 24.4 Å². The molecule has 8 heteroatoms. The Balaban J connectivity index is 1.58. The first-order chi connectivity index (χ1) is 17.8. The lowest BCUT2D eigenvalue weighted by Gasteiger charge is -2.31. The van der Waals surface area contributed by atoms with Crippen LogP contribution < -0.4 is 4.90 Å². The third-order valence-electron chi connectivity index (χ3n) is 6.39. The van der Waals surface area contributed by atoms with Crippen molar-refractivity contribution in [2.75, 3.05) is 4.90 Å². The number of benzene rings is 1. The zero-order chi connectivity index (χ0) is 26.4. The number of anilines is 1. The van der Waals surface area contributed by atoms with Gasteiger partial charge in [-0.05, 0) is 87.4 Å². The van der Waals surface area contributed by atoms with Gasteiger partial charge in [-0.2, -0.15) is 5.10 Å². The summed E-state index contributed by atoms with van der Waals surface area (Å²) in [5.41, 5.74) is 4.34. The molecule has 2 heterocycles. The van der Waals surface area contributed by atoms with Gasteiger partial charge in [0.15, 0.2) is 0 Å². The SMILES string of the molecule is Cc1cnn(-c2ccc(CN(C(=O)C3CCC(O)CC3)c3cncc(/C=C/C(=O)OC(C)C)c3)cc2)c1. The van der Waals surface area contributed by atoms with Crippen molar-refractivity contribution in [1.29, 1.82) is 0 Å². The number of nitrogens with zero attached hydrogens (tertiary/aromatic N) is 4. The highest BCUT2D eigenvalue weighted by molar-refractivity contribution is 5.95. The summed E-state index contributed by atoms with van der Waals surface area (Å²) in [7, 11) is 0. The standard InChI is InChI=1S/C29H34N4O4/c1-20(2)37-28(35)13-6-23-14-26(17-30-16-23)32(29(36)24-7-11-27(34)12-8-24)19-22-4-9-25(10-5-22)33-18-21(3)15-31-33/h4-6,9-10,13-18,20,24,27,34H,7-8,11-12,19H2,1-3H3/b13-6+. The largest absolute Gasteiger partial charge is 0.460 e. The maximum atomic E-state index is 13.7. The molecule has 2 aromatic heterocycles. The highest BCUT2D eigenvalue weighted by Gasteiger charge is 2.30. The number of amides is 1. The van der Waals surface area contributed by atoms with E-state index < -0.39 is 5.97 Å². The molecular formula is C29H34N4O4. The molecule has 4 rings (SSSR count). The number of aromatic nitrogens is 3. The molecule has 0 radical (unpaired) electrons. The van der Waals surface area contributed by atoms with E-state index in [1.165, 1.54) is 6.08 Å². The number of carbonyl (C=O) groups is 2. The van der Waals surface area contributed by atoms with Gasteiger partial charge in [-0.25, -0.2) is 9.48 Å². The number of rotatable bonds is 8. The van der Waals surface area contributed by atoms with E-state index in [9.17, 15) is 14.7 Å². The molecule has 0 atom stereocenters. The van der Waals surface area contributed by atoms with Crippen molar-refractivity contribution in [3.8, 4) is 5.69 Å². The number of ether oxygens (including phenoxy) is 1. The zero-order valence-electron chi connectivity index (χ0n) is 21.6. The summed E-state index contributed by atoms with van der Waals surface area (Å²) >= 11 is 0. The van der Waals surface area contributed by atoms with Gasteiger partial charge >= 0.3 is 5.97 Å². The molecule has 0 saturated heterocycles. The molecule has 0 unspecified atom stereocenters. The first-order valence-corrected chi connectivity index (χ1v) is 12.7. The Labute approximate surface area is 217 Å². The second-order valence-corrected chi connectivity index (χ2v) is 9.85. The van der Waals surface area contributed by atoms with Crippen LogP contribution in [0.1, 0.15) is 56.2 Å². The molecule has 0 bridgehead atoms. The van der Waals surface area contributed by atoms with Gasteiger partial charge in [-0.3, -0.25) is 9.78 Å². The lowest BCUT2D eigenvalue weighted by atomic mass is 9.86. The van der Waals surface area contributed by atoms with E-state index in [-0.39, 0.29) is 24.0 Å². The van der Waals surface area contributed by atoms with Gasteiger partial charge < -0.3 is 14.7 Å². The van der Waals surface area contributed by atoms with Crippen molar-refractivity contribution < 1.29 is 19.4 Å². The molecule has 37 heavy (non-hydrogen) atoms. The molecular weight excluding hydrogens is 468 g/mol. The molecule has 0 spiro atoms. The number of pyridine rings is 1. The maximum Gasteiger partial charge on any atom is 0.331 e. The van der Waals surface area contributed by atoms with E-state index in [2.05, 4.69) is 10.1 Å². The smallest absolute Gasteiger partial charge is 0.331 e. The van der Waals surface area contributed by atoms with Crippen molar-refractivity contribution >= 4 is 23.6 Å². The molecule has 8 nitrogen and oxygen atoms in total. The number of aliphatic hydroxyl groups excluding tert-OH is 1. The molecule has 1 aromatic carbocycles. The molecule has 1 N–H and O–H groups in total. The normalized spacial score (nSPS) is 17.8. The van der Waals surface area contributed by atoms with Gasteiger partial charge in [0.25, 0.3) is 0 Å². The quantitative estimate of drug-likeness (QED) is 0.356. The fourth-order valence-corrected chi connectivity index (χ4v) is 4.45. The average molecular weight is 503 g/mol. The summed E-state index contributed by atoms with van der Waals surface area (Å²) in [5.74, 6) is -0.572. The van der Waals surface area contributed by atoms with E-state index in [1.807, 2.05) is 54.3 Å². The van der Waals surface area contributed by atoms with Crippen LogP contribution in [-0.4, -0.2) is 44.0 Å². The predicted octanol–water partition coefficient (Wildman–Crippen LogP) is 4.62. The number of aryl methyl sites for hydroxylation is 1. The number of aliphatic hydroxyl groups is 1. The Hall–Kier alpha value is -3.78. The fourth-order valence-electron chi connectivity index (χ4n) is 4.45. The molecule has 0 aliphatic heterocycles. The molecule has 1 saturated carbocycles. The van der Waals surface area contributed by atoms with Crippen LogP contribution in [0.15, 0.2) is 61.2 Å². The molecule has 1 aliphatic carbocycles. The lowest BCUT2D eigenvalue weighted by molar-refractivity contribution is -0.141. The molecule has 1 fully saturated rings. The van der Waals surface area contributed by atoms with Crippen molar-refractivity contribution in [2.45, 2.75) is 65.2 Å². The van der Waals surface area contributed by atoms with Gasteiger partial charge in [-0.1, -0.05) is 12.1 Å². The highest BCUT2D eigenvalue weighted by atomic mass is 16.5. The number of esters is 1. The van der Waals surface area contributed by atoms with E-state index >= 15 is 0 Å². The van der Waals surface area contributed by atoms with Crippen LogP contribution >= 0.6 is 0 Å². The van der Waals surface area contributed by atoms with Crippen LogP contribution in [0.25, 0.3) is 11.8 Å². The summed E-state index contributed by atoms with van der Waals surface area (Å²) in [5, 5.41) is 14.3. The zero-order valence-corrected chi connectivity index (χ0v) is 21.6. The third-order valence-corrected chi connectivity index (χ3v) is 6.39. The lowest BCUT2D eigenvalue weighted by Crippen LogP contribution is -2.38. The minimum atomic E-state index is -0.429. The van der Waals surface area contributed by atoms with E-state index in [0.29, 0.717) is 43.5 Å². The summed E-state index contributed by atoms with van der Waals surface area (Å²) in [4.78, 5) is 31.7.